The van der Waals surface area contributed by atoms with Gasteiger partial charge in [0.05, 0.1) is 18.9 Å². The van der Waals surface area contributed by atoms with Crippen molar-refractivity contribution in [2.75, 3.05) is 13.7 Å². The van der Waals surface area contributed by atoms with Gasteiger partial charge in [0.2, 0.25) is 0 Å². The van der Waals surface area contributed by atoms with E-state index in [-0.39, 0.29) is 0 Å². The molecule has 0 radical (unpaired) electrons. The van der Waals surface area contributed by atoms with E-state index in [1.54, 1.807) is 6.21 Å². The van der Waals surface area contributed by atoms with Gasteiger partial charge in [-0.3, -0.25) is 0 Å². The molecule has 1 saturated carbocycles. The predicted octanol–water partition coefficient (Wildman–Crippen LogP) is 1.97. The van der Waals surface area contributed by atoms with Crippen molar-refractivity contribution in [1.82, 2.24) is 0 Å². The van der Waals surface area contributed by atoms with Crippen LogP contribution in [0.15, 0.2) is 5.16 Å². The van der Waals surface area contributed by atoms with E-state index >= 15 is 0 Å². The quantitative estimate of drug-likeness (QED) is 0.478. The second-order valence-electron chi connectivity index (χ2n) is 3.06. The molecule has 1 aliphatic rings. The van der Waals surface area contributed by atoms with Crippen molar-refractivity contribution < 1.29 is 9.57 Å². The SMILES string of the molecule is CON=CCOC1CCCCC1. The number of hydrogen-bond donors (Lipinski definition) is 0. The Morgan fingerprint density at radius 1 is 1.33 bits per heavy atom. The third-order valence-corrected chi connectivity index (χ3v) is 2.14. The van der Waals surface area contributed by atoms with Crippen LogP contribution in [0.5, 0.6) is 0 Å². The molecule has 0 aliphatic heterocycles. The molecule has 70 valence electrons. The van der Waals surface area contributed by atoms with Crippen LogP contribution in [0, 0.1) is 0 Å². The standard InChI is InChI=1S/C9H17NO2/c1-11-10-7-8-12-9-5-3-2-4-6-9/h7,9H,2-6,8H2,1H3. The lowest BCUT2D eigenvalue weighted by atomic mass is 9.98. The Bertz CT molecular complexity index is 130. The number of nitrogens with zero attached hydrogens (tertiary/aromatic N) is 1. The number of oxime groups is 1. The first-order valence-electron chi connectivity index (χ1n) is 4.60. The molecule has 1 aliphatic carbocycles. The zero-order valence-corrected chi connectivity index (χ0v) is 7.66. The molecule has 0 aromatic heterocycles. The summed E-state index contributed by atoms with van der Waals surface area (Å²) in [6.07, 6.45) is 8.53. The molecule has 0 atom stereocenters. The minimum Gasteiger partial charge on any atom is -0.399 e. The Morgan fingerprint density at radius 2 is 2.08 bits per heavy atom. The van der Waals surface area contributed by atoms with Crippen LogP contribution in [0.25, 0.3) is 0 Å². The number of ether oxygens (including phenoxy) is 1. The fraction of sp³-hybridized carbons (Fsp3) is 0.889. The summed E-state index contributed by atoms with van der Waals surface area (Å²) in [7, 11) is 1.54. The first-order chi connectivity index (χ1) is 5.93. The van der Waals surface area contributed by atoms with Crippen LogP contribution in [0.4, 0.5) is 0 Å². The molecular formula is C9H17NO2. The van der Waals surface area contributed by atoms with E-state index in [4.69, 9.17) is 4.74 Å². The van der Waals surface area contributed by atoms with Crippen molar-refractivity contribution in [2.24, 2.45) is 5.16 Å². The summed E-state index contributed by atoms with van der Waals surface area (Å²) in [6, 6.07) is 0. The molecule has 0 spiro atoms. The van der Waals surface area contributed by atoms with Gasteiger partial charge in [-0.05, 0) is 12.8 Å². The zero-order valence-electron chi connectivity index (χ0n) is 7.66. The maximum atomic E-state index is 5.56. The summed E-state index contributed by atoms with van der Waals surface area (Å²) in [5.41, 5.74) is 0. The van der Waals surface area contributed by atoms with Gasteiger partial charge in [0.25, 0.3) is 0 Å². The summed E-state index contributed by atoms with van der Waals surface area (Å²) in [6.45, 7) is 0.582. The Balaban J connectivity index is 2.01. The van der Waals surface area contributed by atoms with Gasteiger partial charge in [0.1, 0.15) is 7.11 Å². The van der Waals surface area contributed by atoms with Gasteiger partial charge in [-0.1, -0.05) is 24.4 Å². The molecule has 1 rings (SSSR count). The van der Waals surface area contributed by atoms with Gasteiger partial charge < -0.3 is 9.57 Å². The third-order valence-electron chi connectivity index (χ3n) is 2.14. The largest absolute Gasteiger partial charge is 0.399 e. The van der Waals surface area contributed by atoms with E-state index in [0.29, 0.717) is 12.7 Å². The smallest absolute Gasteiger partial charge is 0.106 e. The predicted molar refractivity (Wildman–Crippen MR) is 48.3 cm³/mol. The molecule has 0 amide bonds. The lowest BCUT2D eigenvalue weighted by Crippen LogP contribution is -2.17. The fourth-order valence-electron chi connectivity index (χ4n) is 1.52. The van der Waals surface area contributed by atoms with Crippen LogP contribution < -0.4 is 0 Å². The van der Waals surface area contributed by atoms with Crippen molar-refractivity contribution >= 4 is 6.21 Å². The first-order valence-corrected chi connectivity index (χ1v) is 4.60. The molecule has 3 heteroatoms. The van der Waals surface area contributed by atoms with Crippen LogP contribution in [0.1, 0.15) is 32.1 Å². The summed E-state index contributed by atoms with van der Waals surface area (Å²) in [5.74, 6) is 0. The number of rotatable bonds is 4. The van der Waals surface area contributed by atoms with Crippen molar-refractivity contribution in [3.63, 3.8) is 0 Å². The zero-order chi connectivity index (χ0) is 8.65. The van der Waals surface area contributed by atoms with E-state index in [9.17, 15) is 0 Å². The maximum Gasteiger partial charge on any atom is 0.106 e. The van der Waals surface area contributed by atoms with Crippen LogP contribution in [-0.4, -0.2) is 26.0 Å². The van der Waals surface area contributed by atoms with E-state index in [1.165, 1.54) is 39.2 Å². The first kappa shape index (κ1) is 9.52. The highest BCUT2D eigenvalue weighted by Crippen LogP contribution is 2.19. The van der Waals surface area contributed by atoms with Gasteiger partial charge in [0, 0.05) is 0 Å². The molecule has 0 saturated heterocycles. The van der Waals surface area contributed by atoms with Crippen LogP contribution >= 0.6 is 0 Å². The van der Waals surface area contributed by atoms with Crippen LogP contribution in [0.2, 0.25) is 0 Å². The van der Waals surface area contributed by atoms with Crippen molar-refractivity contribution in [1.29, 1.82) is 0 Å². The van der Waals surface area contributed by atoms with E-state index in [1.807, 2.05) is 0 Å². The monoisotopic (exact) mass is 171 g/mol. The average Bonchev–Trinajstić information content (AvgIpc) is 2.14. The maximum absolute atomic E-state index is 5.56. The third kappa shape index (κ3) is 3.72. The molecule has 0 heterocycles. The van der Waals surface area contributed by atoms with E-state index in [0.717, 1.165) is 0 Å². The van der Waals surface area contributed by atoms with E-state index < -0.39 is 0 Å². The summed E-state index contributed by atoms with van der Waals surface area (Å²) in [5, 5.41) is 3.61. The van der Waals surface area contributed by atoms with Gasteiger partial charge >= 0.3 is 0 Å². The van der Waals surface area contributed by atoms with Crippen LogP contribution in [-0.2, 0) is 9.57 Å². The van der Waals surface area contributed by atoms with Crippen molar-refractivity contribution in [3.05, 3.63) is 0 Å². The summed E-state index contributed by atoms with van der Waals surface area (Å²) in [4.78, 5) is 4.52. The molecule has 1 fully saturated rings. The van der Waals surface area contributed by atoms with Gasteiger partial charge in [-0.25, -0.2) is 0 Å². The minimum absolute atomic E-state index is 0.460. The summed E-state index contributed by atoms with van der Waals surface area (Å²) >= 11 is 0. The lowest BCUT2D eigenvalue weighted by Gasteiger charge is -2.20. The second kappa shape index (κ2) is 6.00. The van der Waals surface area contributed by atoms with Crippen molar-refractivity contribution in [3.8, 4) is 0 Å². The molecule has 3 nitrogen and oxygen atoms in total. The number of hydrogen-bond acceptors (Lipinski definition) is 3. The second-order valence-corrected chi connectivity index (χ2v) is 3.06. The topological polar surface area (TPSA) is 30.8 Å². The van der Waals surface area contributed by atoms with Gasteiger partial charge in [-0.15, -0.1) is 0 Å². The van der Waals surface area contributed by atoms with E-state index in [2.05, 4.69) is 9.99 Å². The molecule has 0 unspecified atom stereocenters. The highest BCUT2D eigenvalue weighted by atomic mass is 16.6. The minimum atomic E-state index is 0.460. The highest BCUT2D eigenvalue weighted by molar-refractivity contribution is 5.57. The molecule has 0 N–H and O–H groups in total. The Kier molecular flexibility index (Phi) is 4.76. The normalized spacial score (nSPS) is 20.1. The van der Waals surface area contributed by atoms with Gasteiger partial charge in [0.15, 0.2) is 0 Å². The summed E-state index contributed by atoms with van der Waals surface area (Å²) < 4.78 is 5.56. The fourth-order valence-corrected chi connectivity index (χ4v) is 1.52. The Labute approximate surface area is 73.7 Å². The Morgan fingerprint density at radius 3 is 2.75 bits per heavy atom. The molecular weight excluding hydrogens is 154 g/mol. The average molecular weight is 171 g/mol. The van der Waals surface area contributed by atoms with Gasteiger partial charge in [-0.2, -0.15) is 0 Å². The van der Waals surface area contributed by atoms with Crippen molar-refractivity contribution in [2.45, 2.75) is 38.2 Å². The lowest BCUT2D eigenvalue weighted by molar-refractivity contribution is 0.0531. The molecule has 0 aromatic rings. The molecule has 0 aromatic carbocycles. The Hall–Kier alpha value is -0.570. The molecule has 0 bridgehead atoms. The molecule has 12 heavy (non-hydrogen) atoms. The van der Waals surface area contributed by atoms with Crippen LogP contribution in [0.3, 0.4) is 0 Å². The highest BCUT2D eigenvalue weighted by Gasteiger charge is 2.12.